The van der Waals surface area contributed by atoms with E-state index < -0.39 is 0 Å². The number of aromatic hydroxyl groups is 1. The van der Waals surface area contributed by atoms with Gasteiger partial charge in [-0.2, -0.15) is 0 Å². The third-order valence-corrected chi connectivity index (χ3v) is 3.26. The van der Waals surface area contributed by atoms with Gasteiger partial charge < -0.3 is 16.2 Å². The Hall–Kier alpha value is -2.01. The number of hydrogen-bond donors (Lipinski definition) is 3. The molecule has 2 aromatic rings. The van der Waals surface area contributed by atoms with Crippen molar-refractivity contribution in [1.29, 1.82) is 0 Å². The normalized spacial score (nSPS) is 10.1. The number of anilines is 2. The summed E-state index contributed by atoms with van der Waals surface area (Å²) in [6, 6.07) is 11.4. The van der Waals surface area contributed by atoms with Gasteiger partial charge in [-0.05, 0) is 40.2 Å². The van der Waals surface area contributed by atoms with Gasteiger partial charge in [0.15, 0.2) is 0 Å². The second kappa shape index (κ2) is 5.10. The van der Waals surface area contributed by atoms with Crippen molar-refractivity contribution in [2.75, 3.05) is 11.1 Å². The van der Waals surface area contributed by atoms with E-state index in [1.54, 1.807) is 30.3 Å². The van der Waals surface area contributed by atoms with E-state index in [4.69, 9.17) is 5.73 Å². The number of phenols is 1. The zero-order valence-corrected chi connectivity index (χ0v) is 10.9. The van der Waals surface area contributed by atoms with Crippen LogP contribution >= 0.6 is 15.9 Å². The molecule has 1 amide bonds. The Bertz CT molecular complexity index is 599. The van der Waals surface area contributed by atoms with Crippen LogP contribution in [0, 0.1) is 0 Å². The maximum atomic E-state index is 12.0. The predicted molar refractivity (Wildman–Crippen MR) is 74.6 cm³/mol. The summed E-state index contributed by atoms with van der Waals surface area (Å²) in [7, 11) is 0. The van der Waals surface area contributed by atoms with Gasteiger partial charge in [-0.15, -0.1) is 0 Å². The number of amides is 1. The molecule has 0 spiro atoms. The molecule has 0 aliphatic heterocycles. The summed E-state index contributed by atoms with van der Waals surface area (Å²) in [6.07, 6.45) is 0. The highest BCUT2D eigenvalue weighted by Gasteiger charge is 2.11. The number of hydrogen-bond acceptors (Lipinski definition) is 3. The maximum absolute atomic E-state index is 12.0. The Balaban J connectivity index is 2.25. The van der Waals surface area contributed by atoms with Crippen LogP contribution < -0.4 is 11.1 Å². The number of nitrogens with one attached hydrogen (secondary N) is 1. The molecule has 2 rings (SSSR count). The molecule has 5 heteroatoms. The molecule has 0 fully saturated rings. The third kappa shape index (κ3) is 2.62. The molecule has 0 unspecified atom stereocenters. The van der Waals surface area contributed by atoms with Gasteiger partial charge >= 0.3 is 0 Å². The molecule has 0 saturated heterocycles. The molecule has 0 atom stereocenters. The fourth-order valence-electron chi connectivity index (χ4n) is 1.51. The Morgan fingerprint density at radius 1 is 1.22 bits per heavy atom. The van der Waals surface area contributed by atoms with Crippen molar-refractivity contribution in [3.63, 3.8) is 0 Å². The van der Waals surface area contributed by atoms with Gasteiger partial charge in [-0.1, -0.05) is 12.1 Å². The summed E-state index contributed by atoms with van der Waals surface area (Å²) < 4.78 is 0.558. The second-order valence-electron chi connectivity index (χ2n) is 3.71. The average molecular weight is 307 g/mol. The van der Waals surface area contributed by atoms with Gasteiger partial charge in [0.1, 0.15) is 5.75 Å². The zero-order valence-electron chi connectivity index (χ0n) is 9.35. The minimum Gasteiger partial charge on any atom is -0.508 e. The van der Waals surface area contributed by atoms with Gasteiger partial charge in [0.05, 0.1) is 10.0 Å². The molecule has 0 aromatic heterocycles. The van der Waals surface area contributed by atoms with Crippen molar-refractivity contribution in [2.24, 2.45) is 0 Å². The van der Waals surface area contributed by atoms with Crippen LogP contribution in [0.25, 0.3) is 0 Å². The van der Waals surface area contributed by atoms with Gasteiger partial charge in [0.25, 0.3) is 5.91 Å². The first-order valence-electron chi connectivity index (χ1n) is 5.22. The lowest BCUT2D eigenvalue weighted by Crippen LogP contribution is -2.13. The number of nitrogens with two attached hydrogens (primary N) is 1. The summed E-state index contributed by atoms with van der Waals surface area (Å²) in [4.78, 5) is 12.0. The zero-order chi connectivity index (χ0) is 13.1. The number of carbonyl (C=O) groups excluding carboxylic acids is 1. The fourth-order valence-corrected chi connectivity index (χ4v) is 1.95. The van der Waals surface area contributed by atoms with E-state index >= 15 is 0 Å². The minimum absolute atomic E-state index is 0.0967. The minimum atomic E-state index is -0.292. The molecule has 4 N–H and O–H groups in total. The molecule has 0 heterocycles. The summed E-state index contributed by atoms with van der Waals surface area (Å²) >= 11 is 3.27. The summed E-state index contributed by atoms with van der Waals surface area (Å²) in [5.74, 6) is -0.195. The quantitative estimate of drug-likeness (QED) is 0.747. The Labute approximate surface area is 113 Å². The van der Waals surface area contributed by atoms with E-state index in [9.17, 15) is 9.90 Å². The van der Waals surface area contributed by atoms with Gasteiger partial charge in [-0.25, -0.2) is 0 Å². The van der Waals surface area contributed by atoms with Crippen LogP contribution in [0.1, 0.15) is 10.4 Å². The van der Waals surface area contributed by atoms with E-state index in [-0.39, 0.29) is 11.7 Å². The van der Waals surface area contributed by atoms with Gasteiger partial charge in [-0.3, -0.25) is 4.79 Å². The molecular weight excluding hydrogens is 296 g/mol. The lowest BCUT2D eigenvalue weighted by Gasteiger charge is -2.08. The Morgan fingerprint density at radius 3 is 2.67 bits per heavy atom. The van der Waals surface area contributed by atoms with Crippen molar-refractivity contribution in [2.45, 2.75) is 0 Å². The largest absolute Gasteiger partial charge is 0.508 e. The monoisotopic (exact) mass is 306 g/mol. The number of halogens is 1. The maximum Gasteiger partial charge on any atom is 0.256 e. The smallest absolute Gasteiger partial charge is 0.256 e. The summed E-state index contributed by atoms with van der Waals surface area (Å²) in [5.41, 5.74) is 7.17. The number of rotatable bonds is 2. The average Bonchev–Trinajstić information content (AvgIpc) is 2.32. The van der Waals surface area contributed by atoms with E-state index in [0.717, 1.165) is 0 Å². The predicted octanol–water partition coefficient (Wildman–Crippen LogP) is 2.99. The van der Waals surface area contributed by atoms with Crippen LogP contribution in [-0.2, 0) is 0 Å². The lowest BCUT2D eigenvalue weighted by molar-refractivity contribution is 0.102. The molecule has 92 valence electrons. The summed E-state index contributed by atoms with van der Waals surface area (Å²) in [5, 5.41) is 12.0. The number of carbonyl (C=O) groups is 1. The molecule has 18 heavy (non-hydrogen) atoms. The molecule has 4 nitrogen and oxygen atoms in total. The molecule has 0 aliphatic rings. The Kier molecular flexibility index (Phi) is 3.53. The molecule has 0 saturated carbocycles. The molecular formula is C13H11BrN2O2. The fraction of sp³-hybridized carbons (Fsp3) is 0. The van der Waals surface area contributed by atoms with Gasteiger partial charge in [0, 0.05) is 17.4 Å². The number of benzene rings is 2. The highest BCUT2D eigenvalue weighted by Crippen LogP contribution is 2.25. The molecule has 2 aromatic carbocycles. The van der Waals surface area contributed by atoms with E-state index in [1.807, 2.05) is 0 Å². The van der Waals surface area contributed by atoms with Crippen molar-refractivity contribution in [3.05, 3.63) is 52.5 Å². The standard InChI is InChI=1S/C13H11BrN2O2/c14-12-10(5-2-6-11(12)15)13(18)16-8-3-1-4-9(17)7-8/h1-7,17H,15H2,(H,16,18). The second-order valence-corrected chi connectivity index (χ2v) is 4.51. The van der Waals surface area contributed by atoms with Crippen LogP contribution in [0.5, 0.6) is 5.75 Å². The third-order valence-electron chi connectivity index (χ3n) is 2.38. The van der Waals surface area contributed by atoms with Crippen LogP contribution in [0.4, 0.5) is 11.4 Å². The molecule has 0 radical (unpaired) electrons. The first-order valence-corrected chi connectivity index (χ1v) is 6.01. The van der Waals surface area contributed by atoms with Crippen molar-refractivity contribution in [3.8, 4) is 5.75 Å². The highest BCUT2D eigenvalue weighted by atomic mass is 79.9. The first kappa shape index (κ1) is 12.4. The van der Waals surface area contributed by atoms with Crippen LogP contribution in [0.2, 0.25) is 0 Å². The number of phenolic OH excluding ortho intramolecular Hbond substituents is 1. The van der Waals surface area contributed by atoms with Crippen LogP contribution in [0.3, 0.4) is 0 Å². The summed E-state index contributed by atoms with van der Waals surface area (Å²) in [6.45, 7) is 0. The topological polar surface area (TPSA) is 75.4 Å². The number of nitrogen functional groups attached to an aromatic ring is 1. The van der Waals surface area contributed by atoms with E-state index in [0.29, 0.717) is 21.4 Å². The molecule has 0 bridgehead atoms. The van der Waals surface area contributed by atoms with Gasteiger partial charge in [0.2, 0.25) is 0 Å². The Morgan fingerprint density at radius 2 is 1.94 bits per heavy atom. The lowest BCUT2D eigenvalue weighted by atomic mass is 10.2. The SMILES string of the molecule is Nc1cccc(C(=O)Nc2cccc(O)c2)c1Br. The van der Waals surface area contributed by atoms with Crippen LogP contribution in [0.15, 0.2) is 46.9 Å². The van der Waals surface area contributed by atoms with Crippen LogP contribution in [-0.4, -0.2) is 11.0 Å². The van der Waals surface area contributed by atoms with E-state index in [2.05, 4.69) is 21.2 Å². The first-order chi connectivity index (χ1) is 8.58. The van der Waals surface area contributed by atoms with Crippen molar-refractivity contribution < 1.29 is 9.90 Å². The van der Waals surface area contributed by atoms with Crippen molar-refractivity contribution >= 4 is 33.2 Å². The van der Waals surface area contributed by atoms with E-state index in [1.165, 1.54) is 12.1 Å². The van der Waals surface area contributed by atoms with Crippen molar-refractivity contribution in [1.82, 2.24) is 0 Å². The highest BCUT2D eigenvalue weighted by molar-refractivity contribution is 9.10. The molecule has 0 aliphatic carbocycles.